The SMILES string of the molecule is COc1ccc2c(=O)nc(-c3ccccc3)oc2c1. The fourth-order valence-electron chi connectivity index (χ4n) is 1.87. The molecule has 0 unspecified atom stereocenters. The van der Waals surface area contributed by atoms with E-state index in [4.69, 9.17) is 9.15 Å². The van der Waals surface area contributed by atoms with Crippen LogP contribution >= 0.6 is 0 Å². The number of rotatable bonds is 2. The van der Waals surface area contributed by atoms with Crippen molar-refractivity contribution in [3.63, 3.8) is 0 Å². The zero-order chi connectivity index (χ0) is 13.2. The second-order valence-electron chi connectivity index (χ2n) is 4.05. The first-order valence-electron chi connectivity index (χ1n) is 5.82. The van der Waals surface area contributed by atoms with Crippen LogP contribution in [0.25, 0.3) is 22.4 Å². The summed E-state index contributed by atoms with van der Waals surface area (Å²) in [5.41, 5.74) is 0.935. The zero-order valence-corrected chi connectivity index (χ0v) is 10.3. The van der Waals surface area contributed by atoms with Crippen molar-refractivity contribution in [3.05, 3.63) is 58.9 Å². The highest BCUT2D eigenvalue weighted by atomic mass is 16.5. The minimum atomic E-state index is -0.303. The second-order valence-corrected chi connectivity index (χ2v) is 4.05. The summed E-state index contributed by atoms with van der Waals surface area (Å²) in [5.74, 6) is 0.951. The molecule has 0 atom stereocenters. The Balaban J connectivity index is 2.26. The van der Waals surface area contributed by atoms with Gasteiger partial charge in [0.2, 0.25) is 5.89 Å². The summed E-state index contributed by atoms with van der Waals surface area (Å²) in [5, 5.41) is 0.445. The highest BCUT2D eigenvalue weighted by Gasteiger charge is 2.08. The van der Waals surface area contributed by atoms with Gasteiger partial charge in [0.1, 0.15) is 11.3 Å². The third kappa shape index (κ3) is 2.08. The average molecular weight is 253 g/mol. The third-order valence-electron chi connectivity index (χ3n) is 2.85. The predicted molar refractivity (Wildman–Crippen MR) is 72.3 cm³/mol. The molecule has 94 valence electrons. The Morgan fingerprint density at radius 2 is 1.89 bits per heavy atom. The van der Waals surface area contributed by atoms with E-state index >= 15 is 0 Å². The van der Waals surface area contributed by atoms with Crippen LogP contribution < -0.4 is 10.3 Å². The molecule has 1 heterocycles. The summed E-state index contributed by atoms with van der Waals surface area (Å²) in [6.07, 6.45) is 0. The van der Waals surface area contributed by atoms with Crippen LogP contribution in [0.3, 0.4) is 0 Å². The Hall–Kier alpha value is -2.62. The molecular formula is C15H11NO3. The third-order valence-corrected chi connectivity index (χ3v) is 2.85. The molecule has 0 amide bonds. The van der Waals surface area contributed by atoms with E-state index in [0.717, 1.165) is 5.56 Å². The first kappa shape index (κ1) is 11.5. The van der Waals surface area contributed by atoms with Gasteiger partial charge < -0.3 is 9.15 Å². The van der Waals surface area contributed by atoms with Crippen LogP contribution in [-0.4, -0.2) is 12.1 Å². The molecule has 1 aromatic heterocycles. The fraction of sp³-hybridized carbons (Fsp3) is 0.0667. The van der Waals surface area contributed by atoms with Gasteiger partial charge in [0.25, 0.3) is 5.56 Å². The maximum Gasteiger partial charge on any atom is 0.284 e. The Labute approximate surface area is 109 Å². The first-order valence-corrected chi connectivity index (χ1v) is 5.82. The van der Waals surface area contributed by atoms with E-state index in [-0.39, 0.29) is 5.56 Å². The molecule has 3 aromatic rings. The molecule has 0 aliphatic heterocycles. The van der Waals surface area contributed by atoms with E-state index in [9.17, 15) is 4.79 Å². The van der Waals surface area contributed by atoms with Gasteiger partial charge in [-0.2, -0.15) is 4.98 Å². The number of benzene rings is 2. The van der Waals surface area contributed by atoms with Gasteiger partial charge in [-0.25, -0.2) is 0 Å². The molecule has 0 saturated heterocycles. The van der Waals surface area contributed by atoms with Crippen LogP contribution in [-0.2, 0) is 0 Å². The summed E-state index contributed by atoms with van der Waals surface area (Å²) < 4.78 is 10.8. The Morgan fingerprint density at radius 1 is 1.11 bits per heavy atom. The Morgan fingerprint density at radius 3 is 2.63 bits per heavy atom. The van der Waals surface area contributed by atoms with Gasteiger partial charge in [-0.1, -0.05) is 18.2 Å². The molecule has 0 N–H and O–H groups in total. The zero-order valence-electron chi connectivity index (χ0n) is 10.3. The van der Waals surface area contributed by atoms with Gasteiger partial charge in [0, 0.05) is 11.6 Å². The quantitative estimate of drug-likeness (QED) is 0.704. The standard InChI is InChI=1S/C15H11NO3/c1-18-11-7-8-12-13(9-11)19-15(16-14(12)17)10-5-3-2-4-6-10/h2-9H,1H3. The van der Waals surface area contributed by atoms with Gasteiger partial charge in [-0.05, 0) is 24.3 Å². The van der Waals surface area contributed by atoms with Crippen molar-refractivity contribution in [2.75, 3.05) is 7.11 Å². The minimum Gasteiger partial charge on any atom is -0.497 e. The van der Waals surface area contributed by atoms with Gasteiger partial charge >= 0.3 is 0 Å². The summed E-state index contributed by atoms with van der Waals surface area (Å²) in [6, 6.07) is 14.4. The maximum absolute atomic E-state index is 12.0. The predicted octanol–water partition coefficient (Wildman–Crippen LogP) is 2.86. The van der Waals surface area contributed by atoms with Crippen molar-refractivity contribution in [1.82, 2.24) is 4.98 Å². The Bertz CT molecular complexity index is 778. The van der Waals surface area contributed by atoms with Crippen LogP contribution in [0.2, 0.25) is 0 Å². The number of fused-ring (bicyclic) bond motifs is 1. The number of ether oxygens (including phenoxy) is 1. The molecule has 0 aliphatic carbocycles. The van der Waals surface area contributed by atoms with E-state index in [1.807, 2.05) is 30.3 Å². The van der Waals surface area contributed by atoms with Gasteiger partial charge in [-0.15, -0.1) is 0 Å². The van der Waals surface area contributed by atoms with Crippen molar-refractivity contribution >= 4 is 11.0 Å². The molecule has 0 saturated carbocycles. The molecule has 19 heavy (non-hydrogen) atoms. The monoisotopic (exact) mass is 253 g/mol. The number of nitrogens with zero attached hydrogens (tertiary/aromatic N) is 1. The fourth-order valence-corrected chi connectivity index (χ4v) is 1.87. The number of hydrogen-bond acceptors (Lipinski definition) is 4. The lowest BCUT2D eigenvalue weighted by atomic mass is 10.2. The summed E-state index contributed by atoms with van der Waals surface area (Å²) >= 11 is 0. The molecular weight excluding hydrogens is 242 g/mol. The first-order chi connectivity index (χ1) is 9.28. The summed E-state index contributed by atoms with van der Waals surface area (Å²) in [7, 11) is 1.57. The lowest BCUT2D eigenvalue weighted by Crippen LogP contribution is -2.07. The van der Waals surface area contributed by atoms with Crippen molar-refractivity contribution < 1.29 is 9.15 Å². The van der Waals surface area contributed by atoms with E-state index in [1.165, 1.54) is 0 Å². The minimum absolute atomic E-state index is 0.303. The molecule has 0 radical (unpaired) electrons. The lowest BCUT2D eigenvalue weighted by molar-refractivity contribution is 0.414. The largest absolute Gasteiger partial charge is 0.497 e. The molecule has 0 fully saturated rings. The maximum atomic E-state index is 12.0. The molecule has 0 bridgehead atoms. The molecule has 2 aromatic carbocycles. The van der Waals surface area contributed by atoms with Crippen molar-refractivity contribution in [1.29, 1.82) is 0 Å². The van der Waals surface area contributed by atoms with Crippen LogP contribution in [0.4, 0.5) is 0 Å². The molecule has 4 nitrogen and oxygen atoms in total. The molecule has 3 rings (SSSR count). The number of aromatic nitrogens is 1. The van der Waals surface area contributed by atoms with Crippen LogP contribution in [0, 0.1) is 0 Å². The van der Waals surface area contributed by atoms with Gasteiger partial charge in [-0.3, -0.25) is 4.79 Å². The second kappa shape index (κ2) is 4.57. The van der Waals surface area contributed by atoms with E-state index in [2.05, 4.69) is 4.98 Å². The summed E-state index contributed by atoms with van der Waals surface area (Å²) in [4.78, 5) is 15.9. The average Bonchev–Trinajstić information content (AvgIpc) is 2.47. The lowest BCUT2D eigenvalue weighted by Gasteiger charge is -2.03. The van der Waals surface area contributed by atoms with Crippen LogP contribution in [0.1, 0.15) is 0 Å². The van der Waals surface area contributed by atoms with E-state index in [0.29, 0.717) is 22.6 Å². The van der Waals surface area contributed by atoms with Crippen molar-refractivity contribution in [2.24, 2.45) is 0 Å². The topological polar surface area (TPSA) is 52.3 Å². The van der Waals surface area contributed by atoms with Crippen LogP contribution in [0.15, 0.2) is 57.7 Å². The normalized spacial score (nSPS) is 10.6. The highest BCUT2D eigenvalue weighted by molar-refractivity contribution is 5.78. The smallest absolute Gasteiger partial charge is 0.284 e. The van der Waals surface area contributed by atoms with E-state index < -0.39 is 0 Å². The molecule has 0 spiro atoms. The Kier molecular flexibility index (Phi) is 2.76. The van der Waals surface area contributed by atoms with Crippen LogP contribution in [0.5, 0.6) is 5.75 Å². The number of hydrogen-bond donors (Lipinski definition) is 0. The van der Waals surface area contributed by atoms with Gasteiger partial charge in [0.05, 0.1) is 12.5 Å². The molecule has 0 aliphatic rings. The molecule has 4 heteroatoms. The van der Waals surface area contributed by atoms with E-state index in [1.54, 1.807) is 25.3 Å². The highest BCUT2D eigenvalue weighted by Crippen LogP contribution is 2.22. The van der Waals surface area contributed by atoms with Crippen molar-refractivity contribution in [3.8, 4) is 17.2 Å². The summed E-state index contributed by atoms with van der Waals surface area (Å²) in [6.45, 7) is 0. The van der Waals surface area contributed by atoms with Crippen molar-refractivity contribution in [2.45, 2.75) is 0 Å². The van der Waals surface area contributed by atoms with Gasteiger partial charge in [0.15, 0.2) is 0 Å². The number of methoxy groups -OCH3 is 1.